The Morgan fingerprint density at radius 3 is 2.55 bits per heavy atom. The summed E-state index contributed by atoms with van der Waals surface area (Å²) in [5, 5.41) is 0. The number of hydrogen-bond acceptors (Lipinski definition) is 5. The number of pyridine rings is 1. The zero-order chi connectivity index (χ0) is 16.2. The van der Waals surface area contributed by atoms with Crippen LogP contribution in [0.15, 0.2) is 24.4 Å². The average molecular weight is 325 g/mol. The van der Waals surface area contributed by atoms with Crippen molar-refractivity contribution in [2.75, 3.05) is 12.3 Å². The molecule has 1 unspecified atom stereocenters. The van der Waals surface area contributed by atoms with Crippen molar-refractivity contribution in [2.45, 2.75) is 32.2 Å². The van der Waals surface area contributed by atoms with E-state index >= 15 is 0 Å². The molecule has 1 saturated heterocycles. The van der Waals surface area contributed by atoms with Gasteiger partial charge in [-0.3, -0.25) is 19.5 Å². The second-order valence-corrected chi connectivity index (χ2v) is 7.18. The topological polar surface area (TPSA) is 96.4 Å². The molecule has 1 aromatic rings. The lowest BCUT2D eigenvalue weighted by Crippen LogP contribution is -2.40. The molecule has 0 saturated carbocycles. The molecule has 120 valence electrons. The Bertz CT molecular complexity index is 629. The van der Waals surface area contributed by atoms with Gasteiger partial charge in [0.15, 0.2) is 0 Å². The normalized spacial score (nSPS) is 17.0. The van der Waals surface area contributed by atoms with E-state index in [1.165, 1.54) is 0 Å². The van der Waals surface area contributed by atoms with Gasteiger partial charge < -0.3 is 0 Å². The van der Waals surface area contributed by atoms with E-state index in [4.69, 9.17) is 0 Å². The second-order valence-electron chi connectivity index (χ2n) is 5.30. The van der Waals surface area contributed by atoms with E-state index in [9.17, 15) is 18.0 Å². The predicted octanol–water partition coefficient (Wildman–Crippen LogP) is 0.0810. The van der Waals surface area contributed by atoms with E-state index in [1.807, 2.05) is 12.1 Å². The van der Waals surface area contributed by atoms with Crippen LogP contribution in [0.3, 0.4) is 0 Å². The summed E-state index contributed by atoms with van der Waals surface area (Å²) in [7, 11) is -3.56. The van der Waals surface area contributed by atoms with Gasteiger partial charge in [0.05, 0.1) is 5.75 Å². The summed E-state index contributed by atoms with van der Waals surface area (Å²) in [5.74, 6) is -0.889. The van der Waals surface area contributed by atoms with E-state index in [2.05, 4.69) is 9.71 Å². The van der Waals surface area contributed by atoms with E-state index in [-0.39, 0.29) is 43.0 Å². The van der Waals surface area contributed by atoms with E-state index < -0.39 is 10.0 Å². The molecular formula is C14H19N3O4S. The number of amides is 2. The first-order valence-electron chi connectivity index (χ1n) is 7.10. The molecule has 1 N–H and O–H groups in total. The van der Waals surface area contributed by atoms with Crippen LogP contribution in [0, 0.1) is 0 Å². The highest BCUT2D eigenvalue weighted by Crippen LogP contribution is 2.11. The highest BCUT2D eigenvalue weighted by molar-refractivity contribution is 7.89. The van der Waals surface area contributed by atoms with Crippen LogP contribution in [0.5, 0.6) is 0 Å². The molecule has 1 fully saturated rings. The fourth-order valence-electron chi connectivity index (χ4n) is 2.32. The van der Waals surface area contributed by atoms with Gasteiger partial charge in [-0.25, -0.2) is 13.1 Å². The standard InChI is InChI=1S/C14H19N3O4S/c1-11(10-12-4-2-3-7-15-12)16-22(20,21)9-8-17-13(18)5-6-14(17)19/h2-4,7,11,16H,5-6,8-10H2,1H3. The number of aromatic nitrogens is 1. The molecule has 0 spiro atoms. The lowest BCUT2D eigenvalue weighted by molar-refractivity contribution is -0.137. The molecule has 2 rings (SSSR count). The van der Waals surface area contributed by atoms with Gasteiger partial charge in [0.25, 0.3) is 0 Å². The summed E-state index contributed by atoms with van der Waals surface area (Å²) in [6, 6.07) is 5.15. The van der Waals surface area contributed by atoms with E-state index in [0.717, 1.165) is 10.6 Å². The van der Waals surface area contributed by atoms with Crippen molar-refractivity contribution < 1.29 is 18.0 Å². The summed E-state index contributed by atoms with van der Waals surface area (Å²) >= 11 is 0. The van der Waals surface area contributed by atoms with E-state index in [1.54, 1.807) is 19.2 Å². The third-order valence-electron chi connectivity index (χ3n) is 3.36. The van der Waals surface area contributed by atoms with Gasteiger partial charge in [0.1, 0.15) is 0 Å². The Balaban J connectivity index is 1.85. The number of hydrogen-bond donors (Lipinski definition) is 1. The van der Waals surface area contributed by atoms with Crippen LogP contribution in [0.4, 0.5) is 0 Å². The number of carbonyl (C=O) groups excluding carboxylic acids is 2. The van der Waals surface area contributed by atoms with Crippen LogP contribution >= 0.6 is 0 Å². The SMILES string of the molecule is CC(Cc1ccccn1)NS(=O)(=O)CCN1C(=O)CCC1=O. The highest BCUT2D eigenvalue weighted by Gasteiger charge is 2.30. The minimum Gasteiger partial charge on any atom is -0.282 e. The van der Waals surface area contributed by atoms with Crippen LogP contribution in [0.25, 0.3) is 0 Å². The van der Waals surface area contributed by atoms with Crippen LogP contribution < -0.4 is 4.72 Å². The molecule has 8 heteroatoms. The van der Waals surface area contributed by atoms with Crippen molar-refractivity contribution in [2.24, 2.45) is 0 Å². The lowest BCUT2D eigenvalue weighted by atomic mass is 10.2. The fourth-order valence-corrected chi connectivity index (χ4v) is 3.56. The van der Waals surface area contributed by atoms with Crippen LogP contribution in [0.2, 0.25) is 0 Å². The van der Waals surface area contributed by atoms with Crippen molar-refractivity contribution >= 4 is 21.8 Å². The number of sulfonamides is 1. The third-order valence-corrected chi connectivity index (χ3v) is 4.84. The predicted molar refractivity (Wildman–Crippen MR) is 80.3 cm³/mol. The number of carbonyl (C=O) groups is 2. The summed E-state index contributed by atoms with van der Waals surface area (Å²) < 4.78 is 26.6. The maximum atomic E-state index is 12.0. The van der Waals surface area contributed by atoms with Gasteiger partial charge >= 0.3 is 0 Å². The number of nitrogens with one attached hydrogen (secondary N) is 1. The first-order chi connectivity index (χ1) is 10.4. The third kappa shape index (κ3) is 4.60. The molecule has 0 bridgehead atoms. The first kappa shape index (κ1) is 16.6. The summed E-state index contributed by atoms with van der Waals surface area (Å²) in [6.07, 6.45) is 2.47. The number of rotatable bonds is 7. The minimum absolute atomic E-state index is 0.0939. The molecule has 22 heavy (non-hydrogen) atoms. The average Bonchev–Trinajstić information content (AvgIpc) is 2.76. The zero-order valence-corrected chi connectivity index (χ0v) is 13.2. The van der Waals surface area contributed by atoms with Crippen molar-refractivity contribution in [1.29, 1.82) is 0 Å². The van der Waals surface area contributed by atoms with Crippen molar-refractivity contribution in [3.63, 3.8) is 0 Å². The van der Waals surface area contributed by atoms with E-state index in [0.29, 0.717) is 6.42 Å². The van der Waals surface area contributed by atoms with Crippen LogP contribution in [-0.2, 0) is 26.0 Å². The molecule has 0 aromatic carbocycles. The Hall–Kier alpha value is -1.80. The van der Waals surface area contributed by atoms with Crippen molar-refractivity contribution in [1.82, 2.24) is 14.6 Å². The first-order valence-corrected chi connectivity index (χ1v) is 8.76. The van der Waals surface area contributed by atoms with Gasteiger partial charge in [0, 0.05) is 43.7 Å². The molecule has 1 atom stereocenters. The molecule has 1 aliphatic rings. The quantitative estimate of drug-likeness (QED) is 0.716. The van der Waals surface area contributed by atoms with Gasteiger partial charge in [-0.15, -0.1) is 0 Å². The number of likely N-dealkylation sites (tertiary alicyclic amines) is 1. The fraction of sp³-hybridized carbons (Fsp3) is 0.500. The van der Waals surface area contributed by atoms with Crippen molar-refractivity contribution in [3.05, 3.63) is 30.1 Å². The van der Waals surface area contributed by atoms with Gasteiger partial charge in [-0.2, -0.15) is 0 Å². The molecule has 2 amide bonds. The molecule has 7 nitrogen and oxygen atoms in total. The number of imide groups is 1. The Labute approximate surface area is 129 Å². The molecular weight excluding hydrogens is 306 g/mol. The van der Waals surface area contributed by atoms with Gasteiger partial charge in [0.2, 0.25) is 21.8 Å². The zero-order valence-electron chi connectivity index (χ0n) is 12.4. The Kier molecular flexibility index (Phi) is 5.25. The van der Waals surface area contributed by atoms with Crippen molar-refractivity contribution in [3.8, 4) is 0 Å². The Morgan fingerprint density at radius 2 is 1.95 bits per heavy atom. The molecule has 0 radical (unpaired) electrons. The van der Waals surface area contributed by atoms with Crippen LogP contribution in [-0.4, -0.2) is 48.5 Å². The smallest absolute Gasteiger partial charge is 0.229 e. The minimum atomic E-state index is -3.56. The van der Waals surface area contributed by atoms with Gasteiger partial charge in [-0.05, 0) is 19.1 Å². The maximum absolute atomic E-state index is 12.0. The largest absolute Gasteiger partial charge is 0.282 e. The lowest BCUT2D eigenvalue weighted by Gasteiger charge is -2.17. The number of nitrogens with zero attached hydrogens (tertiary/aromatic N) is 2. The molecule has 1 aromatic heterocycles. The molecule has 1 aliphatic heterocycles. The summed E-state index contributed by atoms with van der Waals surface area (Å²) in [4.78, 5) is 28.1. The van der Waals surface area contributed by atoms with Crippen LogP contribution in [0.1, 0.15) is 25.5 Å². The highest BCUT2D eigenvalue weighted by atomic mass is 32.2. The molecule has 2 heterocycles. The van der Waals surface area contributed by atoms with Gasteiger partial charge in [-0.1, -0.05) is 6.07 Å². The molecule has 0 aliphatic carbocycles. The monoisotopic (exact) mass is 325 g/mol. The second kappa shape index (κ2) is 6.97. The maximum Gasteiger partial charge on any atom is 0.229 e. The summed E-state index contributed by atoms with van der Waals surface area (Å²) in [6.45, 7) is 1.65. The Morgan fingerprint density at radius 1 is 1.27 bits per heavy atom. The summed E-state index contributed by atoms with van der Waals surface area (Å²) in [5.41, 5.74) is 0.794.